The lowest BCUT2D eigenvalue weighted by atomic mass is 9.91. The molecule has 6 nitrogen and oxygen atoms in total. The first-order valence-electron chi connectivity index (χ1n) is 43.8. The van der Waals surface area contributed by atoms with Gasteiger partial charge in [-0.05, 0) is 279 Å². The number of benzene rings is 21. The minimum Gasteiger partial charge on any atom is -0.497 e. The molecule has 0 aliphatic rings. The van der Waals surface area contributed by atoms with Crippen LogP contribution in [0.5, 0.6) is 5.75 Å². The lowest BCUT2D eigenvalue weighted by Gasteiger charge is -2.26. The Bertz CT molecular complexity index is 9110. The number of methoxy groups -OCH3 is 1. The van der Waals surface area contributed by atoms with Gasteiger partial charge in [0.25, 0.3) is 0 Å². The molecule has 14 heteroatoms. The van der Waals surface area contributed by atoms with Crippen LogP contribution in [0.25, 0.3) is 206 Å². The van der Waals surface area contributed by atoms with Crippen LogP contribution in [-0.2, 0) is 0 Å². The van der Waals surface area contributed by atoms with E-state index >= 15 is 0 Å². The average Bonchev–Trinajstić information content (AvgIpc) is 1.59. The highest BCUT2D eigenvalue weighted by atomic mass is 32.1. The topological polar surface area (TPSA) is 38.7 Å². The third-order valence-electron chi connectivity index (χ3n) is 26.2. The molecule has 0 fully saturated rings. The van der Waals surface area contributed by atoms with Crippen LogP contribution in [0, 0.1) is 34.9 Å². The third-order valence-corrected chi connectivity index (χ3v) is 28.5. The number of para-hydroxylation sites is 3. The number of ether oxygens (including phenoxy) is 1. The van der Waals surface area contributed by atoms with Crippen molar-refractivity contribution in [2.45, 2.75) is 0 Å². The molecule has 5 aromatic heterocycles. The zero-order valence-corrected chi connectivity index (χ0v) is 72.5. The van der Waals surface area contributed by atoms with Gasteiger partial charge < -0.3 is 28.1 Å². The van der Waals surface area contributed by atoms with E-state index in [1.165, 1.54) is 92.3 Å². The van der Waals surface area contributed by atoms with Gasteiger partial charge in [-0.1, -0.05) is 231 Å². The number of halogens is 6. The van der Waals surface area contributed by atoms with Gasteiger partial charge in [0, 0.05) is 92.5 Å². The molecule has 0 saturated heterocycles. The Hall–Kier alpha value is -16.5. The number of anilines is 6. The van der Waals surface area contributed by atoms with E-state index in [1.54, 1.807) is 42.7 Å². The van der Waals surface area contributed by atoms with E-state index < -0.39 is 34.6 Å². The van der Waals surface area contributed by atoms with Crippen molar-refractivity contribution in [3.05, 3.63) is 441 Å². The lowest BCUT2D eigenvalue weighted by Crippen LogP contribution is -2.10. The fourth-order valence-corrected chi connectivity index (χ4v) is 22.3. The zero-order chi connectivity index (χ0) is 89.0. The molecule has 632 valence electrons. The summed E-state index contributed by atoms with van der Waals surface area (Å²) in [4.78, 5) is 5.58. The van der Waals surface area contributed by atoms with Crippen molar-refractivity contribution in [3.63, 3.8) is 0 Å². The number of hydrogen-bond donors (Lipinski definition) is 0. The van der Waals surface area contributed by atoms with Crippen molar-refractivity contribution < 1.29 is 35.5 Å². The minimum absolute atomic E-state index is 0.150. The summed E-state index contributed by atoms with van der Waals surface area (Å²) in [5.74, 6) is -9.34. The molecule has 26 aromatic rings. The predicted octanol–water partition coefficient (Wildman–Crippen LogP) is 35.2. The number of hydrogen-bond acceptors (Lipinski definition) is 6. The number of thiophene rings is 2. The molecule has 5 heterocycles. The van der Waals surface area contributed by atoms with E-state index in [4.69, 9.17) is 9.15 Å². The molecule has 0 bridgehead atoms. The molecule has 0 atom stereocenters. The first-order chi connectivity index (χ1) is 65.3. The van der Waals surface area contributed by atoms with E-state index in [1.807, 2.05) is 70.8 Å². The summed E-state index contributed by atoms with van der Waals surface area (Å²) < 4.78 is 106. The van der Waals surface area contributed by atoms with Gasteiger partial charge >= 0.3 is 0 Å². The van der Waals surface area contributed by atoms with Crippen molar-refractivity contribution in [1.82, 2.24) is 9.13 Å². The molecule has 0 saturated carbocycles. The van der Waals surface area contributed by atoms with Gasteiger partial charge in [-0.25, -0.2) is 26.3 Å². The zero-order valence-electron chi connectivity index (χ0n) is 70.9. The molecule has 26 rings (SSSR count). The van der Waals surface area contributed by atoms with Crippen LogP contribution in [-0.4, -0.2) is 16.2 Å². The number of rotatable bonds is 14. The molecule has 0 aliphatic heterocycles. The standard InChI is InChI=1S/C60H33F5N2O.C59H37FN2OS2/c61-56-55(57(62)59(64)60(65)58(56)63)35-17-21-41(22-18-35)66(43-24-27-46-40(31-43)16-13-34-7-1-2-8-45(34)46)42-23-19-37-29-36(14-15-38(37)30-42)39-20-26-48-47-9-3-5-11-51(47)67(52(48)32-39)44-25-28-50-49-10-4-6-12-53(49)68-54(50)33-44;1-63-49-26-28-52-51(33-49)50-27-21-41(32-53(50)62(52)46-11-3-2-4-12-46)54-34-55-56(64-54)35-57(65-55)61(47-22-17-36(18-23-47)40-9-6-10-45(60)31-40)48-24-19-37(20-25-48)44-29-42-15-13-38-7-5-8-39-14-16-43(30-44)59(42)58(38)39/h1-33H;2-35H,1H3. The second-order valence-electron chi connectivity index (χ2n) is 33.8. The molecule has 0 amide bonds. The minimum atomic E-state index is -2.20. The van der Waals surface area contributed by atoms with Gasteiger partial charge in [0.05, 0.1) is 34.7 Å². The number of fused-ring (bicyclic) bond motifs is 14. The first-order valence-corrected chi connectivity index (χ1v) is 45.4. The molecule has 0 aliphatic carbocycles. The smallest absolute Gasteiger partial charge is 0.200 e. The van der Waals surface area contributed by atoms with Crippen LogP contribution in [0.2, 0.25) is 0 Å². The highest BCUT2D eigenvalue weighted by molar-refractivity contribution is 7.31. The first kappa shape index (κ1) is 78.7. The van der Waals surface area contributed by atoms with Crippen molar-refractivity contribution in [2.24, 2.45) is 0 Å². The van der Waals surface area contributed by atoms with Gasteiger partial charge in [0.2, 0.25) is 5.82 Å². The molecule has 0 unspecified atom stereocenters. The van der Waals surface area contributed by atoms with Gasteiger partial charge in [0.1, 0.15) is 27.7 Å². The highest BCUT2D eigenvalue weighted by Crippen LogP contribution is 2.50. The summed E-state index contributed by atoms with van der Waals surface area (Å²) in [6, 6.07) is 139. The molecular weight excluding hydrogens is 1700 g/mol. The van der Waals surface area contributed by atoms with Crippen LogP contribution in [0.15, 0.2) is 411 Å². The quantitative estimate of drug-likeness (QED) is 0.0471. The number of nitrogens with zero attached hydrogens (tertiary/aromatic N) is 4. The van der Waals surface area contributed by atoms with Gasteiger partial charge in [0.15, 0.2) is 23.3 Å². The van der Waals surface area contributed by atoms with E-state index in [9.17, 15) is 26.3 Å². The van der Waals surface area contributed by atoms with Gasteiger partial charge in [-0.2, -0.15) is 0 Å². The van der Waals surface area contributed by atoms with Crippen LogP contribution >= 0.6 is 22.7 Å². The Labute approximate surface area is 765 Å². The van der Waals surface area contributed by atoms with Crippen LogP contribution in [0.4, 0.5) is 59.8 Å². The van der Waals surface area contributed by atoms with E-state index in [-0.39, 0.29) is 11.4 Å². The Morgan fingerprint density at radius 3 is 1.47 bits per heavy atom. The Morgan fingerprint density at radius 1 is 0.256 bits per heavy atom. The highest BCUT2D eigenvalue weighted by Gasteiger charge is 2.29. The van der Waals surface area contributed by atoms with E-state index in [0.717, 1.165) is 154 Å². The number of furan rings is 1. The fraction of sp³-hybridized carbons (Fsp3) is 0.00840. The summed E-state index contributed by atoms with van der Waals surface area (Å²) in [6.07, 6.45) is 0. The SMILES string of the molecule is COc1ccc2c(c1)c1ccc(-c3cc4sc(N(c5ccc(-c6cccc(F)c6)cc5)c5ccc(-c6cc7ccc8cccc9ccc(c6)c7c89)cc5)cc4s3)cc1n2-c1ccccc1.Fc1c(F)c(F)c(-c2ccc(N(c3ccc4cc(-c5ccc6c7ccccc7n(-c7ccc8c(c7)oc7ccccc78)c6c5)ccc4c3)c3ccc4c(ccc5ccccc54)c3)cc2)c(F)c1F. The van der Waals surface area contributed by atoms with Crippen LogP contribution in [0.3, 0.4) is 0 Å². The molecule has 0 spiro atoms. The summed E-state index contributed by atoms with van der Waals surface area (Å²) in [5.41, 5.74) is 18.9. The molecule has 21 aromatic carbocycles. The Kier molecular flexibility index (Phi) is 18.6. The van der Waals surface area contributed by atoms with E-state index in [2.05, 4.69) is 323 Å². The molecule has 0 radical (unpaired) electrons. The summed E-state index contributed by atoms with van der Waals surface area (Å²) in [6.45, 7) is 0. The average molecular weight is 1770 g/mol. The maximum Gasteiger partial charge on any atom is 0.200 e. The van der Waals surface area contributed by atoms with E-state index in [0.29, 0.717) is 5.69 Å². The van der Waals surface area contributed by atoms with Crippen molar-refractivity contribution >= 4 is 196 Å². The largest absolute Gasteiger partial charge is 0.497 e. The van der Waals surface area contributed by atoms with Crippen molar-refractivity contribution in [1.29, 1.82) is 0 Å². The second-order valence-corrected chi connectivity index (χ2v) is 35.9. The monoisotopic (exact) mass is 1760 g/mol. The second kappa shape index (κ2) is 31.4. The van der Waals surface area contributed by atoms with Crippen LogP contribution in [0.1, 0.15) is 0 Å². The van der Waals surface area contributed by atoms with Crippen LogP contribution < -0.4 is 14.5 Å². The Balaban J connectivity index is 0.000000143. The normalized spacial score (nSPS) is 11.9. The maximum atomic E-state index is 15.0. The van der Waals surface area contributed by atoms with Crippen molar-refractivity contribution in [3.8, 4) is 72.1 Å². The molecular formula is C119H70F6N4O2S2. The Morgan fingerprint density at radius 2 is 0.729 bits per heavy atom. The fourth-order valence-electron chi connectivity index (χ4n) is 19.9. The molecule has 133 heavy (non-hydrogen) atoms. The number of aromatic nitrogens is 2. The summed E-state index contributed by atoms with van der Waals surface area (Å²) >= 11 is 3.62. The van der Waals surface area contributed by atoms with Crippen molar-refractivity contribution in [2.75, 3.05) is 16.9 Å². The third kappa shape index (κ3) is 13.3. The summed E-state index contributed by atoms with van der Waals surface area (Å²) in [7, 11) is 1.72. The summed E-state index contributed by atoms with van der Waals surface area (Å²) in [5, 5.41) is 21.9. The predicted molar refractivity (Wildman–Crippen MR) is 541 cm³/mol. The maximum absolute atomic E-state index is 15.0. The molecule has 0 N–H and O–H groups in total. The van der Waals surface area contributed by atoms with Gasteiger partial charge in [-0.3, -0.25) is 0 Å². The van der Waals surface area contributed by atoms with Gasteiger partial charge in [-0.15, -0.1) is 22.7 Å². The lowest BCUT2D eigenvalue weighted by molar-refractivity contribution is 0.381.